The maximum atomic E-state index is 13.0. The van der Waals surface area contributed by atoms with Gasteiger partial charge in [-0.1, -0.05) is 68.4 Å². The highest BCUT2D eigenvalue weighted by molar-refractivity contribution is 5.60. The number of rotatable bonds is 9. The van der Waals surface area contributed by atoms with Crippen molar-refractivity contribution in [3.05, 3.63) is 82.9 Å². The van der Waals surface area contributed by atoms with Crippen molar-refractivity contribution in [1.29, 1.82) is 0 Å². The minimum atomic E-state index is -1.83. The van der Waals surface area contributed by atoms with Gasteiger partial charge in [-0.15, -0.1) is 0 Å². The Kier molecular flexibility index (Phi) is 6.57. The van der Waals surface area contributed by atoms with Gasteiger partial charge in [0.15, 0.2) is 11.2 Å². The molecule has 2 fully saturated rings. The Bertz CT molecular complexity index is 1320. The van der Waals surface area contributed by atoms with Crippen LogP contribution >= 0.6 is 0 Å². The number of methoxy groups -OCH3 is 2. The van der Waals surface area contributed by atoms with Crippen LogP contribution in [0.25, 0.3) is 0 Å². The van der Waals surface area contributed by atoms with Crippen LogP contribution in [-0.2, 0) is 11.2 Å². The molecular weight excluding hydrogens is 492 g/mol. The molecule has 7 nitrogen and oxygen atoms in total. The standard InChI is InChI=1S/C32H38N2O5/c1-5-34(6-2)19-24-27(22-10-8-7-9-11-22)32(23-16-14-21(15-17-23)20-12-13-20)31(36,29(24)35)28-25(39-32)18-26(37-3)33-30(28)38-4/h7-11,14-18,20,24,27,29,35-36H,5-6,12-13,19H2,1-4H3/t24-,27-,29-,31+,32+/m1/s1. The molecule has 6 rings (SSSR count). The minimum absolute atomic E-state index is 0.192. The first-order valence-corrected chi connectivity index (χ1v) is 14.0. The van der Waals surface area contributed by atoms with Crippen molar-refractivity contribution in [2.24, 2.45) is 5.92 Å². The average molecular weight is 531 g/mol. The van der Waals surface area contributed by atoms with Gasteiger partial charge in [0, 0.05) is 24.4 Å². The summed E-state index contributed by atoms with van der Waals surface area (Å²) in [5.41, 5.74) is 0.338. The van der Waals surface area contributed by atoms with Gasteiger partial charge in [0.1, 0.15) is 5.75 Å². The molecule has 39 heavy (non-hydrogen) atoms. The Labute approximate surface area is 230 Å². The monoisotopic (exact) mass is 530 g/mol. The summed E-state index contributed by atoms with van der Waals surface area (Å²) >= 11 is 0. The van der Waals surface area contributed by atoms with E-state index in [1.807, 2.05) is 18.2 Å². The minimum Gasteiger partial charge on any atom is -0.481 e. The molecule has 0 bridgehead atoms. The first kappa shape index (κ1) is 26.1. The molecule has 0 saturated heterocycles. The first-order chi connectivity index (χ1) is 18.9. The molecule has 2 aliphatic carbocycles. The maximum absolute atomic E-state index is 13.0. The number of ether oxygens (including phenoxy) is 3. The van der Waals surface area contributed by atoms with Crippen LogP contribution in [0.4, 0.5) is 0 Å². The van der Waals surface area contributed by atoms with E-state index < -0.39 is 17.3 Å². The van der Waals surface area contributed by atoms with Gasteiger partial charge in [-0.3, -0.25) is 0 Å². The van der Waals surface area contributed by atoms with E-state index in [0.29, 0.717) is 29.7 Å². The summed E-state index contributed by atoms with van der Waals surface area (Å²) in [5.74, 6) is 0.819. The Morgan fingerprint density at radius 1 is 0.974 bits per heavy atom. The second-order valence-corrected chi connectivity index (χ2v) is 11.0. The summed E-state index contributed by atoms with van der Waals surface area (Å²) in [5, 5.41) is 25.3. The lowest BCUT2D eigenvalue weighted by atomic mass is 9.70. The van der Waals surface area contributed by atoms with E-state index >= 15 is 0 Å². The van der Waals surface area contributed by atoms with Gasteiger partial charge in [0.05, 0.1) is 25.9 Å². The smallest absolute Gasteiger partial charge is 0.226 e. The number of hydrogen-bond donors (Lipinski definition) is 2. The lowest BCUT2D eigenvalue weighted by molar-refractivity contribution is -0.152. The van der Waals surface area contributed by atoms with Gasteiger partial charge in [-0.25, -0.2) is 0 Å². The third-order valence-electron chi connectivity index (χ3n) is 9.16. The fourth-order valence-corrected chi connectivity index (χ4v) is 7.07. The molecule has 0 unspecified atom stereocenters. The van der Waals surface area contributed by atoms with Gasteiger partial charge in [0.25, 0.3) is 0 Å². The van der Waals surface area contributed by atoms with Gasteiger partial charge in [0.2, 0.25) is 11.8 Å². The number of nitrogens with zero attached hydrogens (tertiary/aromatic N) is 2. The zero-order valence-corrected chi connectivity index (χ0v) is 23.1. The summed E-state index contributed by atoms with van der Waals surface area (Å²) in [6.07, 6.45) is 1.25. The van der Waals surface area contributed by atoms with Crippen LogP contribution in [-0.4, -0.2) is 60.1 Å². The molecule has 5 atom stereocenters. The predicted octanol–water partition coefficient (Wildman–Crippen LogP) is 4.57. The molecule has 3 aliphatic rings. The van der Waals surface area contributed by atoms with Gasteiger partial charge in [-0.05, 0) is 48.5 Å². The van der Waals surface area contributed by atoms with E-state index in [2.05, 4.69) is 60.1 Å². The molecule has 0 spiro atoms. The molecule has 1 aromatic heterocycles. The third-order valence-corrected chi connectivity index (χ3v) is 9.16. The summed E-state index contributed by atoms with van der Waals surface area (Å²) in [4.78, 5) is 6.80. The highest BCUT2D eigenvalue weighted by atomic mass is 16.5. The molecule has 0 amide bonds. The third kappa shape index (κ3) is 3.78. The molecule has 0 radical (unpaired) electrons. The Hall–Kier alpha value is -3.13. The van der Waals surface area contributed by atoms with Crippen LogP contribution in [0.5, 0.6) is 17.5 Å². The highest BCUT2D eigenvalue weighted by Crippen LogP contribution is 2.70. The molecule has 7 heteroatoms. The number of aliphatic hydroxyl groups excluding tert-OH is 1. The second kappa shape index (κ2) is 9.81. The van der Waals surface area contributed by atoms with Crippen LogP contribution in [0.3, 0.4) is 0 Å². The zero-order chi connectivity index (χ0) is 27.4. The van der Waals surface area contributed by atoms with E-state index in [4.69, 9.17) is 14.2 Å². The molecule has 3 aromatic rings. The Morgan fingerprint density at radius 3 is 2.26 bits per heavy atom. The van der Waals surface area contributed by atoms with Crippen molar-refractivity contribution >= 4 is 0 Å². The number of fused-ring (bicyclic) bond motifs is 3. The highest BCUT2D eigenvalue weighted by Gasteiger charge is 2.77. The summed E-state index contributed by atoms with van der Waals surface area (Å²) in [6.45, 7) is 6.51. The molecule has 206 valence electrons. The molecular formula is C32H38N2O5. The Morgan fingerprint density at radius 2 is 1.67 bits per heavy atom. The van der Waals surface area contributed by atoms with Crippen molar-refractivity contribution < 1.29 is 24.4 Å². The number of pyridine rings is 1. The predicted molar refractivity (Wildman–Crippen MR) is 148 cm³/mol. The van der Waals surface area contributed by atoms with E-state index in [1.165, 1.54) is 32.6 Å². The van der Waals surface area contributed by atoms with Crippen molar-refractivity contribution in [3.63, 3.8) is 0 Å². The second-order valence-electron chi connectivity index (χ2n) is 11.0. The molecule has 2 aromatic carbocycles. The maximum Gasteiger partial charge on any atom is 0.226 e. The van der Waals surface area contributed by atoms with Crippen molar-refractivity contribution in [3.8, 4) is 17.5 Å². The van der Waals surface area contributed by atoms with Crippen LogP contribution in [0, 0.1) is 5.92 Å². The fourth-order valence-electron chi connectivity index (χ4n) is 7.07. The molecule has 2 heterocycles. The van der Waals surface area contributed by atoms with Gasteiger partial charge >= 0.3 is 0 Å². The summed E-state index contributed by atoms with van der Waals surface area (Å²) < 4.78 is 18.1. The van der Waals surface area contributed by atoms with Crippen LogP contribution in [0.1, 0.15) is 60.8 Å². The first-order valence-electron chi connectivity index (χ1n) is 14.0. The summed E-state index contributed by atoms with van der Waals surface area (Å²) in [7, 11) is 3.05. The number of benzene rings is 2. The van der Waals surface area contributed by atoms with E-state index in [1.54, 1.807) is 6.07 Å². The zero-order valence-electron chi connectivity index (χ0n) is 23.1. The van der Waals surface area contributed by atoms with E-state index in [9.17, 15) is 10.2 Å². The largest absolute Gasteiger partial charge is 0.481 e. The lowest BCUT2D eigenvalue weighted by Gasteiger charge is -2.41. The number of hydrogen-bond acceptors (Lipinski definition) is 7. The quantitative estimate of drug-likeness (QED) is 0.419. The van der Waals surface area contributed by atoms with Crippen LogP contribution < -0.4 is 14.2 Å². The topological polar surface area (TPSA) is 84.3 Å². The SMILES string of the molecule is CCN(CC)C[C@H]1[C@@H](O)[C@@]2(O)c3c(cc(OC)nc3OC)O[C@@]2(c2ccc(C3CC3)cc2)[C@@H]1c1ccccc1. The average Bonchev–Trinajstić information content (AvgIpc) is 3.77. The lowest BCUT2D eigenvalue weighted by Crippen LogP contribution is -2.52. The van der Waals surface area contributed by atoms with Crippen molar-refractivity contribution in [1.82, 2.24) is 9.88 Å². The molecule has 2 N–H and O–H groups in total. The van der Waals surface area contributed by atoms with E-state index in [-0.39, 0.29) is 17.7 Å². The van der Waals surface area contributed by atoms with Crippen LogP contribution in [0.15, 0.2) is 60.7 Å². The molecule has 1 aliphatic heterocycles. The molecule has 2 saturated carbocycles. The number of aliphatic hydroxyl groups is 2. The number of aromatic nitrogens is 1. The van der Waals surface area contributed by atoms with Gasteiger partial charge in [-0.2, -0.15) is 4.98 Å². The van der Waals surface area contributed by atoms with E-state index in [0.717, 1.165) is 24.2 Å². The summed E-state index contributed by atoms with van der Waals surface area (Å²) in [6, 6.07) is 20.3. The Balaban J connectivity index is 1.63. The fraction of sp³-hybridized carbons (Fsp3) is 0.469. The van der Waals surface area contributed by atoms with Crippen LogP contribution in [0.2, 0.25) is 0 Å². The van der Waals surface area contributed by atoms with Crippen molar-refractivity contribution in [2.75, 3.05) is 33.9 Å². The van der Waals surface area contributed by atoms with Crippen molar-refractivity contribution in [2.45, 2.75) is 55.8 Å². The van der Waals surface area contributed by atoms with Gasteiger partial charge < -0.3 is 29.3 Å². The normalized spacial score (nSPS) is 29.2.